The minimum Gasteiger partial charge on any atom is -0.396 e. The van der Waals surface area contributed by atoms with E-state index < -0.39 is 0 Å². The van der Waals surface area contributed by atoms with E-state index in [1.165, 1.54) is 0 Å². The first-order chi connectivity index (χ1) is 7.88. The number of aliphatic hydroxyl groups excluding tert-OH is 1. The molecule has 0 aliphatic carbocycles. The molecule has 0 amide bonds. The molecule has 0 bridgehead atoms. The number of aliphatic hydroxyl groups is 1. The number of nitrogens with zero attached hydrogens (tertiary/aromatic N) is 3. The lowest BCUT2D eigenvalue weighted by Crippen LogP contribution is -2.19. The Hall–Kier alpha value is -1.20. The van der Waals surface area contributed by atoms with Crippen molar-refractivity contribution in [1.82, 2.24) is 14.8 Å². The van der Waals surface area contributed by atoms with Gasteiger partial charge < -0.3 is 5.11 Å². The van der Waals surface area contributed by atoms with Crippen LogP contribution in [0.15, 0.2) is 17.5 Å². The summed E-state index contributed by atoms with van der Waals surface area (Å²) in [4.78, 5) is 5.64. The molecule has 1 atom stereocenters. The number of thiophene rings is 1. The number of hydrogen-bond donors (Lipinski definition) is 1. The third-order valence-electron chi connectivity index (χ3n) is 2.95. The van der Waals surface area contributed by atoms with Crippen LogP contribution in [0.5, 0.6) is 0 Å². The summed E-state index contributed by atoms with van der Waals surface area (Å²) in [7, 11) is 0. The molecule has 1 aliphatic rings. The molecule has 0 aromatic carbocycles. The molecule has 0 fully saturated rings. The number of hydrogen-bond acceptors (Lipinski definition) is 4. The highest BCUT2D eigenvalue weighted by atomic mass is 32.1. The Morgan fingerprint density at radius 1 is 1.56 bits per heavy atom. The Labute approximate surface area is 97.6 Å². The molecule has 0 saturated carbocycles. The van der Waals surface area contributed by atoms with Gasteiger partial charge in [-0.2, -0.15) is 0 Å². The van der Waals surface area contributed by atoms with Gasteiger partial charge in [-0.05, 0) is 24.3 Å². The van der Waals surface area contributed by atoms with E-state index in [2.05, 4.69) is 10.1 Å². The van der Waals surface area contributed by atoms with Gasteiger partial charge in [-0.25, -0.2) is 9.67 Å². The van der Waals surface area contributed by atoms with E-state index in [-0.39, 0.29) is 12.5 Å². The molecule has 5 heteroatoms. The zero-order valence-corrected chi connectivity index (χ0v) is 9.65. The topological polar surface area (TPSA) is 50.9 Å². The molecule has 4 nitrogen and oxygen atoms in total. The van der Waals surface area contributed by atoms with E-state index in [1.807, 2.05) is 22.2 Å². The number of aryl methyl sites for hydroxylation is 1. The van der Waals surface area contributed by atoms with E-state index in [0.717, 1.165) is 35.9 Å². The molecule has 1 N–H and O–H groups in total. The lowest BCUT2D eigenvalue weighted by Gasteiger charge is -2.19. The van der Waals surface area contributed by atoms with Crippen molar-refractivity contribution in [2.75, 3.05) is 6.61 Å². The van der Waals surface area contributed by atoms with Crippen LogP contribution in [0.2, 0.25) is 0 Å². The van der Waals surface area contributed by atoms with Gasteiger partial charge in [-0.1, -0.05) is 6.07 Å². The molecule has 0 spiro atoms. The van der Waals surface area contributed by atoms with Gasteiger partial charge in [-0.3, -0.25) is 0 Å². The SMILES string of the molecule is OCC1CCCn2nc(-c3cccs3)nc21. The molecule has 2 aromatic rings. The van der Waals surface area contributed by atoms with E-state index in [0.29, 0.717) is 0 Å². The van der Waals surface area contributed by atoms with Gasteiger partial charge in [0, 0.05) is 12.5 Å². The van der Waals surface area contributed by atoms with Crippen LogP contribution in [0.1, 0.15) is 24.6 Å². The fourth-order valence-corrected chi connectivity index (χ4v) is 2.77. The minimum absolute atomic E-state index is 0.162. The summed E-state index contributed by atoms with van der Waals surface area (Å²) in [5, 5.41) is 15.8. The summed E-state index contributed by atoms with van der Waals surface area (Å²) in [6.45, 7) is 1.09. The predicted octanol–water partition coefficient (Wildman–Crippen LogP) is 1.88. The lowest BCUT2D eigenvalue weighted by molar-refractivity contribution is 0.234. The van der Waals surface area contributed by atoms with Gasteiger partial charge in [-0.15, -0.1) is 16.4 Å². The zero-order valence-electron chi connectivity index (χ0n) is 8.83. The largest absolute Gasteiger partial charge is 0.396 e. The molecular weight excluding hydrogens is 222 g/mol. The van der Waals surface area contributed by atoms with E-state index in [4.69, 9.17) is 0 Å². The second kappa shape index (κ2) is 3.99. The van der Waals surface area contributed by atoms with Crippen molar-refractivity contribution < 1.29 is 5.11 Å². The first-order valence-corrected chi connectivity index (χ1v) is 6.36. The Kier molecular flexibility index (Phi) is 2.49. The smallest absolute Gasteiger partial charge is 0.191 e. The van der Waals surface area contributed by atoms with Crippen LogP contribution in [-0.2, 0) is 6.54 Å². The summed E-state index contributed by atoms with van der Waals surface area (Å²) in [5.74, 6) is 1.90. The van der Waals surface area contributed by atoms with Crippen LogP contribution in [0.4, 0.5) is 0 Å². The minimum atomic E-state index is 0.162. The van der Waals surface area contributed by atoms with Crippen molar-refractivity contribution in [1.29, 1.82) is 0 Å². The Balaban J connectivity index is 2.02. The van der Waals surface area contributed by atoms with Crippen LogP contribution in [-0.4, -0.2) is 26.5 Å². The van der Waals surface area contributed by atoms with Crippen molar-refractivity contribution in [2.24, 2.45) is 0 Å². The second-order valence-electron chi connectivity index (χ2n) is 4.02. The maximum absolute atomic E-state index is 9.30. The van der Waals surface area contributed by atoms with Crippen molar-refractivity contribution >= 4 is 11.3 Å². The molecule has 3 rings (SSSR count). The zero-order chi connectivity index (χ0) is 11.0. The number of aromatic nitrogens is 3. The van der Waals surface area contributed by atoms with Crippen LogP contribution >= 0.6 is 11.3 Å². The fraction of sp³-hybridized carbons (Fsp3) is 0.455. The van der Waals surface area contributed by atoms with Gasteiger partial charge in [0.2, 0.25) is 0 Å². The van der Waals surface area contributed by atoms with E-state index in [9.17, 15) is 5.11 Å². The summed E-state index contributed by atoms with van der Waals surface area (Å²) in [6, 6.07) is 4.03. The van der Waals surface area contributed by atoms with Gasteiger partial charge in [0.05, 0.1) is 11.5 Å². The van der Waals surface area contributed by atoms with E-state index >= 15 is 0 Å². The van der Waals surface area contributed by atoms with Crippen molar-refractivity contribution in [3.63, 3.8) is 0 Å². The summed E-state index contributed by atoms with van der Waals surface area (Å²) >= 11 is 1.65. The maximum Gasteiger partial charge on any atom is 0.191 e. The van der Waals surface area contributed by atoms with Gasteiger partial charge in [0.1, 0.15) is 5.82 Å². The van der Waals surface area contributed by atoms with Crippen molar-refractivity contribution in [3.8, 4) is 10.7 Å². The number of rotatable bonds is 2. The second-order valence-corrected chi connectivity index (χ2v) is 4.96. The monoisotopic (exact) mass is 235 g/mol. The Morgan fingerprint density at radius 3 is 3.25 bits per heavy atom. The van der Waals surface area contributed by atoms with Crippen LogP contribution in [0, 0.1) is 0 Å². The van der Waals surface area contributed by atoms with Gasteiger partial charge in [0.25, 0.3) is 0 Å². The molecule has 16 heavy (non-hydrogen) atoms. The average Bonchev–Trinajstić information content (AvgIpc) is 2.96. The molecule has 1 unspecified atom stereocenters. The molecule has 3 heterocycles. The fourth-order valence-electron chi connectivity index (χ4n) is 2.12. The van der Waals surface area contributed by atoms with Crippen LogP contribution in [0.25, 0.3) is 10.7 Å². The highest BCUT2D eigenvalue weighted by molar-refractivity contribution is 7.13. The molecular formula is C11H13N3OS. The normalized spacial score (nSPS) is 19.7. The predicted molar refractivity (Wildman–Crippen MR) is 62.4 cm³/mol. The molecule has 0 radical (unpaired) electrons. The molecule has 84 valence electrons. The Bertz CT molecular complexity index is 477. The highest BCUT2D eigenvalue weighted by Gasteiger charge is 2.24. The third-order valence-corrected chi connectivity index (χ3v) is 3.82. The van der Waals surface area contributed by atoms with Crippen LogP contribution in [0.3, 0.4) is 0 Å². The lowest BCUT2D eigenvalue weighted by atomic mass is 10.0. The maximum atomic E-state index is 9.30. The highest BCUT2D eigenvalue weighted by Crippen LogP contribution is 2.28. The van der Waals surface area contributed by atoms with Crippen molar-refractivity contribution in [3.05, 3.63) is 23.3 Å². The first-order valence-electron chi connectivity index (χ1n) is 5.48. The van der Waals surface area contributed by atoms with Gasteiger partial charge in [0.15, 0.2) is 5.82 Å². The summed E-state index contributed by atoms with van der Waals surface area (Å²) in [6.07, 6.45) is 2.09. The average molecular weight is 235 g/mol. The quantitative estimate of drug-likeness (QED) is 0.864. The van der Waals surface area contributed by atoms with Crippen LogP contribution < -0.4 is 0 Å². The van der Waals surface area contributed by atoms with E-state index in [1.54, 1.807) is 11.3 Å². The molecule has 0 saturated heterocycles. The third kappa shape index (κ3) is 1.56. The first kappa shape index (κ1) is 9.99. The summed E-state index contributed by atoms with van der Waals surface area (Å²) in [5.41, 5.74) is 0. The standard InChI is InChI=1S/C11H13N3OS/c15-7-8-3-1-5-14-11(8)12-10(13-14)9-4-2-6-16-9/h2,4,6,8,15H,1,3,5,7H2. The summed E-state index contributed by atoms with van der Waals surface area (Å²) < 4.78 is 1.94. The number of fused-ring (bicyclic) bond motifs is 1. The van der Waals surface area contributed by atoms with Crippen molar-refractivity contribution in [2.45, 2.75) is 25.3 Å². The van der Waals surface area contributed by atoms with Gasteiger partial charge >= 0.3 is 0 Å². The molecule has 1 aliphatic heterocycles. The Morgan fingerprint density at radius 2 is 2.50 bits per heavy atom. The molecule has 2 aromatic heterocycles.